The Hall–Kier alpha value is -2.95. The van der Waals surface area contributed by atoms with E-state index in [1.807, 2.05) is 48.5 Å². The fourth-order valence-electron chi connectivity index (χ4n) is 4.15. The number of fused-ring (bicyclic) bond motifs is 1. The summed E-state index contributed by atoms with van der Waals surface area (Å²) in [6.45, 7) is 0.460. The highest BCUT2D eigenvalue weighted by atomic mass is 32.2. The third-order valence-corrected chi connectivity index (χ3v) is 7.65. The summed E-state index contributed by atoms with van der Waals surface area (Å²) in [4.78, 5) is 9.55. The van der Waals surface area contributed by atoms with E-state index >= 15 is 0 Å². The van der Waals surface area contributed by atoms with Crippen molar-refractivity contribution < 1.29 is 13.2 Å². The molecule has 3 N–H and O–H groups in total. The molecular formula is C24H32N6O3S. The molecule has 2 aromatic carbocycles. The van der Waals surface area contributed by atoms with Gasteiger partial charge in [0.1, 0.15) is 17.1 Å². The molecule has 0 saturated heterocycles. The van der Waals surface area contributed by atoms with Gasteiger partial charge in [0, 0.05) is 37.8 Å². The van der Waals surface area contributed by atoms with Crippen LogP contribution in [0, 0.1) is 5.92 Å². The van der Waals surface area contributed by atoms with Crippen molar-refractivity contribution in [3.05, 3.63) is 48.5 Å². The number of methoxy groups -OCH3 is 1. The summed E-state index contributed by atoms with van der Waals surface area (Å²) in [5, 5.41) is 7.78. The summed E-state index contributed by atoms with van der Waals surface area (Å²) >= 11 is 0. The minimum absolute atomic E-state index is 0.221. The lowest BCUT2D eigenvalue weighted by Crippen LogP contribution is -2.39. The molecule has 10 heteroatoms. The van der Waals surface area contributed by atoms with E-state index in [2.05, 4.69) is 15.4 Å². The average Bonchev–Trinajstić information content (AvgIpc) is 2.84. The van der Waals surface area contributed by atoms with Gasteiger partial charge in [-0.25, -0.2) is 9.71 Å². The Labute approximate surface area is 201 Å². The smallest absolute Gasteiger partial charge is 0.278 e. The second-order valence-electron chi connectivity index (χ2n) is 8.74. The van der Waals surface area contributed by atoms with Gasteiger partial charge < -0.3 is 15.4 Å². The van der Waals surface area contributed by atoms with Crippen molar-refractivity contribution in [2.45, 2.75) is 31.7 Å². The van der Waals surface area contributed by atoms with E-state index in [0.29, 0.717) is 30.0 Å². The van der Waals surface area contributed by atoms with Gasteiger partial charge in [-0.15, -0.1) is 0 Å². The van der Waals surface area contributed by atoms with Crippen LogP contribution in [0.5, 0.6) is 5.75 Å². The zero-order chi connectivity index (χ0) is 24.1. The van der Waals surface area contributed by atoms with Crippen molar-refractivity contribution in [2.75, 3.05) is 38.4 Å². The highest BCUT2D eigenvalue weighted by molar-refractivity contribution is 7.87. The average molecular weight is 485 g/mol. The number of ether oxygens (including phenoxy) is 1. The van der Waals surface area contributed by atoms with Crippen LogP contribution in [-0.4, -0.2) is 56.5 Å². The molecular weight excluding hydrogens is 452 g/mol. The Bertz CT molecular complexity index is 1210. The van der Waals surface area contributed by atoms with Gasteiger partial charge in [0.15, 0.2) is 0 Å². The fourth-order valence-corrected chi connectivity index (χ4v) is 4.86. The van der Waals surface area contributed by atoms with E-state index in [9.17, 15) is 8.42 Å². The van der Waals surface area contributed by atoms with Crippen LogP contribution in [0.25, 0.3) is 10.9 Å². The molecule has 0 radical (unpaired) electrons. The first-order valence-corrected chi connectivity index (χ1v) is 12.9. The summed E-state index contributed by atoms with van der Waals surface area (Å²) < 4.78 is 33.4. The van der Waals surface area contributed by atoms with Gasteiger partial charge in [0.05, 0.1) is 7.11 Å². The molecule has 0 atom stereocenters. The molecule has 0 aliphatic heterocycles. The predicted molar refractivity (Wildman–Crippen MR) is 136 cm³/mol. The lowest BCUT2D eigenvalue weighted by Gasteiger charge is -2.29. The van der Waals surface area contributed by atoms with Gasteiger partial charge in [0.2, 0.25) is 5.95 Å². The van der Waals surface area contributed by atoms with Crippen LogP contribution in [0.2, 0.25) is 0 Å². The topological polar surface area (TPSA) is 108 Å². The number of nitrogens with zero attached hydrogens (tertiary/aromatic N) is 3. The maximum atomic E-state index is 12.0. The van der Waals surface area contributed by atoms with Crippen molar-refractivity contribution in [2.24, 2.45) is 5.92 Å². The third kappa shape index (κ3) is 5.75. The van der Waals surface area contributed by atoms with E-state index in [1.54, 1.807) is 7.11 Å². The first-order valence-electron chi connectivity index (χ1n) is 11.5. The van der Waals surface area contributed by atoms with E-state index in [-0.39, 0.29) is 6.04 Å². The van der Waals surface area contributed by atoms with Crippen LogP contribution < -0.4 is 20.1 Å². The molecule has 0 bridgehead atoms. The molecule has 1 aliphatic carbocycles. The first-order chi connectivity index (χ1) is 16.4. The lowest BCUT2D eigenvalue weighted by molar-refractivity contribution is 0.334. The van der Waals surface area contributed by atoms with Crippen LogP contribution in [0.3, 0.4) is 0 Å². The quantitative estimate of drug-likeness (QED) is 0.424. The molecule has 3 aromatic rings. The number of rotatable bonds is 9. The van der Waals surface area contributed by atoms with Crippen LogP contribution in [0.15, 0.2) is 48.5 Å². The Kier molecular flexibility index (Phi) is 7.50. The summed E-state index contributed by atoms with van der Waals surface area (Å²) in [5.41, 5.74) is 1.68. The van der Waals surface area contributed by atoms with Crippen molar-refractivity contribution in [1.82, 2.24) is 19.0 Å². The molecule has 1 heterocycles. The van der Waals surface area contributed by atoms with Gasteiger partial charge in [-0.05, 0) is 55.9 Å². The molecule has 9 nitrogen and oxygen atoms in total. The first kappa shape index (κ1) is 24.2. The molecule has 1 saturated carbocycles. The number of nitrogens with one attached hydrogen (secondary N) is 3. The van der Waals surface area contributed by atoms with Crippen molar-refractivity contribution >= 4 is 38.6 Å². The van der Waals surface area contributed by atoms with E-state index in [4.69, 9.17) is 14.7 Å². The largest absolute Gasteiger partial charge is 0.494 e. The number of hydrogen-bond donors (Lipinski definition) is 3. The Balaban J connectivity index is 1.48. The molecule has 0 amide bonds. The lowest BCUT2D eigenvalue weighted by atomic mass is 9.86. The molecule has 1 aliphatic rings. The maximum absolute atomic E-state index is 12.0. The molecule has 0 unspecified atom stereocenters. The van der Waals surface area contributed by atoms with Gasteiger partial charge >= 0.3 is 0 Å². The number of aromatic nitrogens is 2. The Morgan fingerprint density at radius 2 is 1.74 bits per heavy atom. The normalized spacial score (nSPS) is 18.7. The van der Waals surface area contributed by atoms with Crippen LogP contribution >= 0.6 is 0 Å². The number of anilines is 3. The SMILES string of the molecule is COc1cccc2c(Nc3ccccc3)nc(NC3CCC(CNS(=O)(=O)N(C)C)CC3)nc12. The standard InChI is InChI=1S/C24H32N6O3S/c1-30(2)34(31,32)25-16-17-12-14-19(15-13-17)27-24-28-22-20(10-7-11-21(22)33-3)23(29-24)26-18-8-5-4-6-9-18/h4-11,17,19,25H,12-16H2,1-3H3,(H2,26,27,28,29). The number of benzene rings is 2. The summed E-state index contributed by atoms with van der Waals surface area (Å²) in [6, 6.07) is 15.9. The zero-order valence-corrected chi connectivity index (χ0v) is 20.6. The van der Waals surface area contributed by atoms with Crippen molar-refractivity contribution in [3.8, 4) is 5.75 Å². The Morgan fingerprint density at radius 1 is 1.00 bits per heavy atom. The van der Waals surface area contributed by atoms with Crippen LogP contribution in [-0.2, 0) is 10.2 Å². The van der Waals surface area contributed by atoms with Gasteiger partial charge in [0.25, 0.3) is 10.2 Å². The van der Waals surface area contributed by atoms with Crippen molar-refractivity contribution in [1.29, 1.82) is 0 Å². The van der Waals surface area contributed by atoms with Gasteiger partial charge in [-0.3, -0.25) is 0 Å². The monoisotopic (exact) mass is 484 g/mol. The van der Waals surface area contributed by atoms with Crippen molar-refractivity contribution in [3.63, 3.8) is 0 Å². The van der Waals surface area contributed by atoms with E-state index < -0.39 is 10.2 Å². The highest BCUT2D eigenvalue weighted by Crippen LogP contribution is 2.32. The fraction of sp³-hybridized carbons (Fsp3) is 0.417. The summed E-state index contributed by atoms with van der Waals surface area (Å²) in [7, 11) is 1.31. The number of hydrogen-bond acceptors (Lipinski definition) is 7. The predicted octanol–water partition coefficient (Wildman–Crippen LogP) is 3.75. The second-order valence-corrected chi connectivity index (χ2v) is 10.7. The molecule has 1 aromatic heterocycles. The number of para-hydroxylation sites is 2. The van der Waals surface area contributed by atoms with Crippen LogP contribution in [0.1, 0.15) is 25.7 Å². The highest BCUT2D eigenvalue weighted by Gasteiger charge is 2.24. The minimum atomic E-state index is -3.39. The minimum Gasteiger partial charge on any atom is -0.494 e. The zero-order valence-electron chi connectivity index (χ0n) is 19.8. The van der Waals surface area contributed by atoms with Gasteiger partial charge in [-0.1, -0.05) is 24.3 Å². The molecule has 34 heavy (non-hydrogen) atoms. The Morgan fingerprint density at radius 3 is 2.41 bits per heavy atom. The maximum Gasteiger partial charge on any atom is 0.278 e. The molecule has 4 rings (SSSR count). The summed E-state index contributed by atoms with van der Waals surface area (Å²) in [6.07, 6.45) is 3.70. The van der Waals surface area contributed by atoms with E-state index in [1.165, 1.54) is 18.4 Å². The van der Waals surface area contributed by atoms with Crippen LogP contribution in [0.4, 0.5) is 17.5 Å². The second kappa shape index (κ2) is 10.5. The molecule has 1 fully saturated rings. The summed E-state index contributed by atoms with van der Waals surface area (Å²) in [5.74, 6) is 2.27. The van der Waals surface area contributed by atoms with E-state index in [0.717, 1.165) is 42.3 Å². The molecule has 182 valence electrons. The third-order valence-electron chi connectivity index (χ3n) is 6.16. The molecule has 0 spiro atoms. The van der Waals surface area contributed by atoms with Gasteiger partial charge in [-0.2, -0.15) is 17.7 Å².